The van der Waals surface area contributed by atoms with E-state index >= 15 is 0 Å². The van der Waals surface area contributed by atoms with E-state index in [0.29, 0.717) is 19.4 Å². The molecule has 0 aliphatic carbocycles. The third-order valence-electron chi connectivity index (χ3n) is 4.41. The summed E-state index contributed by atoms with van der Waals surface area (Å²) >= 11 is 0. The lowest BCUT2D eigenvalue weighted by Crippen LogP contribution is -2.70. The number of aliphatic hydroxyl groups excluding tert-OH is 2. The average molecular weight is 371 g/mol. The van der Waals surface area contributed by atoms with Gasteiger partial charge < -0.3 is 14.9 Å². The van der Waals surface area contributed by atoms with Gasteiger partial charge in [0.05, 0.1) is 36.3 Å². The highest BCUT2D eigenvalue weighted by molar-refractivity contribution is 7.89. The van der Waals surface area contributed by atoms with Gasteiger partial charge in [-0.25, -0.2) is 8.42 Å². The maximum absolute atomic E-state index is 12.9. The summed E-state index contributed by atoms with van der Waals surface area (Å²) in [5.41, 5.74) is 0.937. The fourth-order valence-corrected chi connectivity index (χ4v) is 4.92. The molecular weight excluding hydrogens is 346 g/mol. The molecule has 0 unspecified atom stereocenters. The molecule has 0 radical (unpaired) electrons. The highest BCUT2D eigenvalue weighted by atomic mass is 32.2. The molecular formula is C17H25NO6S. The molecule has 0 aromatic heterocycles. The van der Waals surface area contributed by atoms with Gasteiger partial charge in [-0.2, -0.15) is 4.31 Å². The SMILES string of the molecule is CCOC(=O)CCC[C@H]1[C@@H](O)[C@H](CO)N1S(=O)(=O)c1ccc(C)cc1. The van der Waals surface area contributed by atoms with Crippen LogP contribution >= 0.6 is 0 Å². The van der Waals surface area contributed by atoms with Gasteiger partial charge in [-0.05, 0) is 38.8 Å². The first-order valence-corrected chi connectivity index (χ1v) is 9.81. The van der Waals surface area contributed by atoms with Crippen LogP contribution in [0.5, 0.6) is 0 Å². The molecule has 0 saturated carbocycles. The van der Waals surface area contributed by atoms with Crippen molar-refractivity contribution in [2.45, 2.75) is 56.2 Å². The predicted molar refractivity (Wildman–Crippen MR) is 91.4 cm³/mol. The number of carbonyl (C=O) groups excluding carboxylic acids is 1. The molecule has 1 aromatic rings. The van der Waals surface area contributed by atoms with Crippen molar-refractivity contribution >= 4 is 16.0 Å². The third-order valence-corrected chi connectivity index (χ3v) is 6.38. The Bertz CT molecular complexity index is 688. The van der Waals surface area contributed by atoms with E-state index in [9.17, 15) is 23.4 Å². The van der Waals surface area contributed by atoms with E-state index in [1.54, 1.807) is 19.1 Å². The molecule has 1 heterocycles. The van der Waals surface area contributed by atoms with Crippen LogP contribution in [0.4, 0.5) is 0 Å². The average Bonchev–Trinajstić information content (AvgIpc) is 2.56. The van der Waals surface area contributed by atoms with Gasteiger partial charge in [0.15, 0.2) is 0 Å². The topological polar surface area (TPSA) is 104 Å². The van der Waals surface area contributed by atoms with Crippen LogP contribution in [0.25, 0.3) is 0 Å². The van der Waals surface area contributed by atoms with Crippen LogP contribution < -0.4 is 0 Å². The van der Waals surface area contributed by atoms with E-state index in [2.05, 4.69) is 0 Å². The summed E-state index contributed by atoms with van der Waals surface area (Å²) in [5.74, 6) is -0.344. The fraction of sp³-hybridized carbons (Fsp3) is 0.588. The number of sulfonamides is 1. The quantitative estimate of drug-likeness (QED) is 0.656. The van der Waals surface area contributed by atoms with Gasteiger partial charge in [0.25, 0.3) is 0 Å². The molecule has 25 heavy (non-hydrogen) atoms. The summed E-state index contributed by atoms with van der Waals surface area (Å²) in [6.45, 7) is 3.42. The van der Waals surface area contributed by atoms with Crippen molar-refractivity contribution in [2.75, 3.05) is 13.2 Å². The van der Waals surface area contributed by atoms with Gasteiger partial charge in [0.1, 0.15) is 0 Å². The van der Waals surface area contributed by atoms with Crippen LogP contribution in [0.1, 0.15) is 31.7 Å². The highest BCUT2D eigenvalue weighted by Crippen LogP contribution is 2.35. The minimum Gasteiger partial charge on any atom is -0.466 e. The zero-order valence-electron chi connectivity index (χ0n) is 14.5. The molecule has 0 bridgehead atoms. The van der Waals surface area contributed by atoms with Gasteiger partial charge in [-0.3, -0.25) is 4.79 Å². The van der Waals surface area contributed by atoms with Crippen molar-refractivity contribution in [1.82, 2.24) is 4.31 Å². The van der Waals surface area contributed by atoms with Crippen LogP contribution in [0.3, 0.4) is 0 Å². The van der Waals surface area contributed by atoms with Crippen LogP contribution in [-0.4, -0.2) is 60.3 Å². The van der Waals surface area contributed by atoms with Gasteiger partial charge in [0.2, 0.25) is 10.0 Å². The summed E-state index contributed by atoms with van der Waals surface area (Å²) < 4.78 is 31.7. The number of ether oxygens (including phenoxy) is 1. The zero-order valence-corrected chi connectivity index (χ0v) is 15.3. The van der Waals surface area contributed by atoms with Crippen molar-refractivity contribution in [3.05, 3.63) is 29.8 Å². The van der Waals surface area contributed by atoms with Gasteiger partial charge in [-0.15, -0.1) is 0 Å². The minimum absolute atomic E-state index is 0.124. The van der Waals surface area contributed by atoms with E-state index in [0.717, 1.165) is 9.87 Å². The van der Waals surface area contributed by atoms with Crippen LogP contribution in [0, 0.1) is 6.92 Å². The predicted octanol–water partition coefficient (Wildman–Crippen LogP) is 0.823. The first kappa shape index (κ1) is 19.8. The highest BCUT2D eigenvalue weighted by Gasteiger charge is 2.53. The maximum atomic E-state index is 12.9. The largest absolute Gasteiger partial charge is 0.466 e. The number of esters is 1. The molecule has 1 aliphatic rings. The second kappa shape index (κ2) is 8.27. The number of carbonyl (C=O) groups is 1. The molecule has 8 heteroatoms. The summed E-state index contributed by atoms with van der Waals surface area (Å²) in [5, 5.41) is 19.6. The van der Waals surface area contributed by atoms with Crippen molar-refractivity contribution in [1.29, 1.82) is 0 Å². The van der Waals surface area contributed by atoms with Crippen molar-refractivity contribution in [3.63, 3.8) is 0 Å². The van der Waals surface area contributed by atoms with Crippen molar-refractivity contribution < 1.29 is 28.2 Å². The van der Waals surface area contributed by atoms with E-state index in [-0.39, 0.29) is 17.3 Å². The number of hydrogen-bond donors (Lipinski definition) is 2. The van der Waals surface area contributed by atoms with Crippen molar-refractivity contribution in [2.24, 2.45) is 0 Å². The normalized spacial score (nSPS) is 23.9. The molecule has 0 spiro atoms. The smallest absolute Gasteiger partial charge is 0.305 e. The van der Waals surface area contributed by atoms with E-state index in [4.69, 9.17) is 4.74 Å². The number of aliphatic hydroxyl groups is 2. The molecule has 2 rings (SSSR count). The first-order chi connectivity index (χ1) is 11.8. The molecule has 2 N–H and O–H groups in total. The molecule has 3 atom stereocenters. The van der Waals surface area contributed by atoms with Gasteiger partial charge >= 0.3 is 5.97 Å². The Morgan fingerprint density at radius 3 is 2.44 bits per heavy atom. The Morgan fingerprint density at radius 2 is 1.88 bits per heavy atom. The molecule has 0 amide bonds. The molecule has 1 fully saturated rings. The lowest BCUT2D eigenvalue weighted by Gasteiger charge is -2.50. The summed E-state index contributed by atoms with van der Waals surface area (Å²) in [7, 11) is -3.83. The van der Waals surface area contributed by atoms with Gasteiger partial charge in [0, 0.05) is 6.42 Å². The molecule has 140 valence electrons. The molecule has 1 saturated heterocycles. The summed E-state index contributed by atoms with van der Waals surface area (Å²) in [6.07, 6.45) is -0.0631. The first-order valence-electron chi connectivity index (χ1n) is 8.37. The Balaban J connectivity index is 2.11. The third kappa shape index (κ3) is 4.20. The minimum atomic E-state index is -3.83. The monoisotopic (exact) mass is 371 g/mol. The molecule has 1 aromatic carbocycles. The molecule has 1 aliphatic heterocycles. The van der Waals surface area contributed by atoms with E-state index in [1.807, 2.05) is 6.92 Å². The van der Waals surface area contributed by atoms with Gasteiger partial charge in [-0.1, -0.05) is 17.7 Å². The second-order valence-electron chi connectivity index (χ2n) is 6.15. The van der Waals surface area contributed by atoms with E-state index in [1.165, 1.54) is 12.1 Å². The number of nitrogens with zero attached hydrogens (tertiary/aromatic N) is 1. The van der Waals surface area contributed by atoms with E-state index < -0.39 is 34.8 Å². The van der Waals surface area contributed by atoms with Crippen LogP contribution in [0.15, 0.2) is 29.2 Å². The second-order valence-corrected chi connectivity index (χ2v) is 8.00. The Hall–Kier alpha value is -1.48. The Labute approximate surface area is 148 Å². The standard InChI is InChI=1S/C17H25NO6S/c1-3-24-16(20)6-4-5-14-17(21)15(11-19)18(14)25(22,23)13-9-7-12(2)8-10-13/h7-10,14-15,17,19,21H,3-6,11H2,1-2H3/t14-,15-,17+/m0/s1. The van der Waals surface area contributed by atoms with Crippen molar-refractivity contribution in [3.8, 4) is 0 Å². The lowest BCUT2D eigenvalue weighted by atomic mass is 9.89. The maximum Gasteiger partial charge on any atom is 0.305 e. The number of aryl methyl sites for hydroxylation is 1. The number of benzene rings is 1. The number of rotatable bonds is 8. The molecule has 7 nitrogen and oxygen atoms in total. The number of hydrogen-bond acceptors (Lipinski definition) is 6. The lowest BCUT2D eigenvalue weighted by molar-refractivity contribution is -0.143. The Morgan fingerprint density at radius 1 is 1.24 bits per heavy atom. The van der Waals surface area contributed by atoms with Crippen LogP contribution in [-0.2, 0) is 19.6 Å². The summed E-state index contributed by atoms with van der Waals surface area (Å²) in [4.78, 5) is 11.5. The summed E-state index contributed by atoms with van der Waals surface area (Å²) in [6, 6.07) is 4.91. The fourth-order valence-electron chi connectivity index (χ4n) is 3.07. The zero-order chi connectivity index (χ0) is 18.6. The Kier molecular flexibility index (Phi) is 6.56. The van der Waals surface area contributed by atoms with Crippen LogP contribution in [0.2, 0.25) is 0 Å².